The highest BCUT2D eigenvalue weighted by molar-refractivity contribution is 5.94. The SMILES string of the molecule is CC(=[NH+]OC(c1ccccc1)c1ccccc1)c1ncccc1O.[I-]. The molecule has 0 radical (unpaired) electrons. The third kappa shape index (κ3) is 4.79. The van der Waals surface area contributed by atoms with E-state index in [-0.39, 0.29) is 35.8 Å². The summed E-state index contributed by atoms with van der Waals surface area (Å²) in [6.07, 6.45) is 1.36. The van der Waals surface area contributed by atoms with Gasteiger partial charge in [0.1, 0.15) is 5.75 Å². The molecule has 5 heteroatoms. The molecule has 1 aromatic heterocycles. The summed E-state index contributed by atoms with van der Waals surface area (Å²) in [7, 11) is 0. The van der Waals surface area contributed by atoms with Crippen LogP contribution in [0.25, 0.3) is 0 Å². The van der Waals surface area contributed by atoms with Crippen LogP contribution in [0.3, 0.4) is 0 Å². The van der Waals surface area contributed by atoms with E-state index in [4.69, 9.17) is 4.84 Å². The number of hydrogen-bond acceptors (Lipinski definition) is 3. The first-order chi connectivity index (χ1) is 11.8. The van der Waals surface area contributed by atoms with Crippen molar-refractivity contribution in [3.8, 4) is 5.75 Å². The quantitative estimate of drug-likeness (QED) is 0.313. The van der Waals surface area contributed by atoms with E-state index < -0.39 is 0 Å². The number of pyridine rings is 1. The van der Waals surface area contributed by atoms with E-state index in [1.54, 1.807) is 18.3 Å². The fourth-order valence-corrected chi connectivity index (χ4v) is 2.47. The van der Waals surface area contributed by atoms with Gasteiger partial charge in [-0.2, -0.15) is 0 Å². The Hall–Kier alpha value is -2.41. The monoisotopic (exact) mass is 446 g/mol. The summed E-state index contributed by atoms with van der Waals surface area (Å²) in [5.74, 6) is 0.113. The van der Waals surface area contributed by atoms with Crippen LogP contribution in [-0.4, -0.2) is 15.8 Å². The third-order valence-corrected chi connectivity index (χ3v) is 3.68. The maximum atomic E-state index is 9.90. The van der Waals surface area contributed by atoms with Gasteiger partial charge in [-0.25, -0.2) is 4.98 Å². The van der Waals surface area contributed by atoms with Gasteiger partial charge in [-0.3, -0.25) is 4.84 Å². The molecular weight excluding hydrogens is 427 g/mol. The van der Waals surface area contributed by atoms with Crippen LogP contribution in [0.5, 0.6) is 5.75 Å². The lowest BCUT2D eigenvalue weighted by molar-refractivity contribution is -0.764. The van der Waals surface area contributed by atoms with Crippen LogP contribution in [-0.2, 0) is 4.84 Å². The van der Waals surface area contributed by atoms with Gasteiger partial charge < -0.3 is 29.1 Å². The van der Waals surface area contributed by atoms with Crippen molar-refractivity contribution < 1.29 is 39.1 Å². The lowest BCUT2D eigenvalue weighted by Crippen LogP contribution is -3.00. The van der Waals surface area contributed by atoms with E-state index in [9.17, 15) is 5.11 Å². The molecule has 4 nitrogen and oxygen atoms in total. The van der Waals surface area contributed by atoms with Crippen LogP contribution in [0.15, 0.2) is 79.0 Å². The topological polar surface area (TPSA) is 56.3 Å². The Morgan fingerprint density at radius 2 is 1.48 bits per heavy atom. The first-order valence-corrected chi connectivity index (χ1v) is 7.75. The van der Waals surface area contributed by atoms with Crippen LogP contribution < -0.4 is 29.1 Å². The zero-order valence-electron chi connectivity index (χ0n) is 13.8. The van der Waals surface area contributed by atoms with Gasteiger partial charge in [0.2, 0.25) is 6.10 Å². The lowest BCUT2D eigenvalue weighted by atomic mass is 10.0. The van der Waals surface area contributed by atoms with Gasteiger partial charge in [0, 0.05) is 24.2 Å². The van der Waals surface area contributed by atoms with Gasteiger partial charge in [-0.15, -0.1) is 0 Å². The van der Waals surface area contributed by atoms with Crippen LogP contribution in [0.2, 0.25) is 0 Å². The molecule has 0 aliphatic rings. The van der Waals surface area contributed by atoms with Crippen molar-refractivity contribution in [2.75, 3.05) is 0 Å². The summed E-state index contributed by atoms with van der Waals surface area (Å²) >= 11 is 0. The number of hydrogen-bond donors (Lipinski definition) is 2. The molecule has 0 bridgehead atoms. The molecule has 3 aromatic rings. The zero-order valence-corrected chi connectivity index (χ0v) is 15.9. The van der Waals surface area contributed by atoms with Crippen molar-refractivity contribution in [2.24, 2.45) is 0 Å². The van der Waals surface area contributed by atoms with Crippen molar-refractivity contribution in [2.45, 2.75) is 13.0 Å². The van der Waals surface area contributed by atoms with E-state index in [2.05, 4.69) is 10.1 Å². The fraction of sp³-hybridized carbons (Fsp3) is 0.100. The van der Waals surface area contributed by atoms with Crippen LogP contribution >= 0.6 is 0 Å². The largest absolute Gasteiger partial charge is 1.00 e. The predicted molar refractivity (Wildman–Crippen MR) is 92.5 cm³/mol. The molecule has 0 aliphatic carbocycles. The molecule has 128 valence electrons. The zero-order chi connectivity index (χ0) is 16.8. The summed E-state index contributed by atoms with van der Waals surface area (Å²) in [4.78, 5) is 10.1. The summed E-state index contributed by atoms with van der Waals surface area (Å²) in [6.45, 7) is 1.81. The van der Waals surface area contributed by atoms with Crippen LogP contribution in [0, 0.1) is 0 Å². The van der Waals surface area contributed by atoms with Crippen molar-refractivity contribution in [3.05, 3.63) is 95.8 Å². The summed E-state index contributed by atoms with van der Waals surface area (Å²) in [6, 6.07) is 23.2. The first kappa shape index (κ1) is 18.9. The van der Waals surface area contributed by atoms with E-state index in [0.29, 0.717) is 11.4 Å². The maximum absolute atomic E-state index is 9.90. The Balaban J connectivity index is 0.00000225. The van der Waals surface area contributed by atoms with Crippen LogP contribution in [0.1, 0.15) is 29.8 Å². The molecule has 0 atom stereocenters. The molecule has 0 saturated carbocycles. The summed E-state index contributed by atoms with van der Waals surface area (Å²) in [5, 5.41) is 12.8. The molecule has 3 rings (SSSR count). The standard InChI is InChI=1S/C20H18N2O2.HI/c1-15(19-18(23)13-8-14-21-19)22-24-20(16-9-4-2-5-10-16)17-11-6-3-7-12-17;/h2-14,20,23H,1H3;1H. The minimum atomic E-state index is -0.270. The second-order valence-electron chi connectivity index (χ2n) is 5.42. The van der Waals surface area contributed by atoms with Gasteiger partial charge >= 0.3 is 0 Å². The average molecular weight is 446 g/mol. The Bertz CT molecular complexity index is 784. The molecule has 0 unspecified atom stereocenters. The molecule has 1 heterocycles. The van der Waals surface area contributed by atoms with Crippen molar-refractivity contribution in [3.63, 3.8) is 0 Å². The lowest BCUT2D eigenvalue weighted by Gasteiger charge is -2.12. The molecule has 0 spiro atoms. The highest BCUT2D eigenvalue weighted by Gasteiger charge is 2.19. The van der Waals surface area contributed by atoms with E-state index >= 15 is 0 Å². The van der Waals surface area contributed by atoms with Crippen molar-refractivity contribution in [1.29, 1.82) is 0 Å². The number of nitrogens with zero attached hydrogens (tertiary/aromatic N) is 1. The average Bonchev–Trinajstić information content (AvgIpc) is 2.64. The minimum absolute atomic E-state index is 0. The number of aromatic nitrogens is 1. The molecule has 0 amide bonds. The fourth-order valence-electron chi connectivity index (χ4n) is 2.47. The van der Waals surface area contributed by atoms with Gasteiger partial charge in [-0.05, 0) is 17.3 Å². The van der Waals surface area contributed by atoms with E-state index in [1.165, 1.54) is 0 Å². The molecule has 25 heavy (non-hydrogen) atoms. The molecule has 0 saturated heterocycles. The number of nitrogens with one attached hydrogen (secondary N) is 1. The van der Waals surface area contributed by atoms with Gasteiger partial charge in [0.15, 0.2) is 5.69 Å². The van der Waals surface area contributed by atoms with Gasteiger partial charge in [0.25, 0.3) is 5.71 Å². The van der Waals surface area contributed by atoms with Gasteiger partial charge in [-0.1, -0.05) is 60.7 Å². The number of benzene rings is 2. The Morgan fingerprint density at radius 1 is 0.920 bits per heavy atom. The summed E-state index contributed by atoms with van der Waals surface area (Å²) in [5.41, 5.74) is 3.19. The molecule has 2 aromatic carbocycles. The third-order valence-electron chi connectivity index (χ3n) is 3.68. The van der Waals surface area contributed by atoms with Crippen molar-refractivity contribution >= 4 is 5.71 Å². The van der Waals surface area contributed by atoms with Crippen LogP contribution in [0.4, 0.5) is 0 Å². The Kier molecular flexibility index (Phi) is 6.94. The van der Waals surface area contributed by atoms with E-state index in [1.807, 2.05) is 67.6 Å². The Morgan fingerprint density at radius 3 is 2.00 bits per heavy atom. The number of aromatic hydroxyl groups is 1. The second-order valence-corrected chi connectivity index (χ2v) is 5.42. The normalized spacial score (nSPS) is 11.0. The molecule has 0 fully saturated rings. The first-order valence-electron chi connectivity index (χ1n) is 7.75. The smallest absolute Gasteiger partial charge is 0.251 e. The molecule has 0 aliphatic heterocycles. The van der Waals surface area contributed by atoms with Gasteiger partial charge in [0.05, 0.1) is 0 Å². The van der Waals surface area contributed by atoms with Crippen molar-refractivity contribution in [1.82, 2.24) is 4.98 Å². The highest BCUT2D eigenvalue weighted by atomic mass is 127. The number of rotatable bonds is 5. The molecule has 2 N–H and O–H groups in total. The highest BCUT2D eigenvalue weighted by Crippen LogP contribution is 2.23. The maximum Gasteiger partial charge on any atom is 0.251 e. The minimum Gasteiger partial charge on any atom is -1.00 e. The summed E-state index contributed by atoms with van der Waals surface area (Å²) < 4.78 is 0. The second kappa shape index (κ2) is 9.17. The molecular formula is C20H19IN2O2. The number of halogens is 1. The van der Waals surface area contributed by atoms with E-state index in [0.717, 1.165) is 11.1 Å². The Labute approximate surface area is 164 Å². The predicted octanol–water partition coefficient (Wildman–Crippen LogP) is -0.598.